The van der Waals surface area contributed by atoms with Crippen LogP contribution in [0.1, 0.15) is 39.4 Å². The fourth-order valence-corrected chi connectivity index (χ4v) is 1.63. The number of nitrogens with two attached hydrogens (primary N) is 1. The standard InChI is InChI=1S/C15H23NO/c1-13(2)6-4-7-14(3)9-10-16-12-15-8-5-11-17-15/h5-6,8-9,11,16H,4,7,10,12H2,1-3H3/p+1/b14-9+. The fraction of sp³-hybridized carbons (Fsp3) is 0.467. The van der Waals surface area contributed by atoms with Gasteiger partial charge < -0.3 is 9.73 Å². The molecule has 0 fully saturated rings. The third kappa shape index (κ3) is 6.80. The lowest BCUT2D eigenvalue weighted by molar-refractivity contribution is -0.663. The summed E-state index contributed by atoms with van der Waals surface area (Å²) in [5.41, 5.74) is 2.88. The van der Waals surface area contributed by atoms with Crippen molar-refractivity contribution in [2.75, 3.05) is 6.54 Å². The molecule has 0 radical (unpaired) electrons. The molecule has 0 aliphatic rings. The minimum absolute atomic E-state index is 0.921. The number of allylic oxidation sites excluding steroid dienone is 3. The SMILES string of the molecule is CC(C)=CCC/C(C)=C/C[NH2+]Cc1ccco1. The van der Waals surface area contributed by atoms with Crippen LogP contribution in [0.5, 0.6) is 0 Å². The van der Waals surface area contributed by atoms with Crippen molar-refractivity contribution >= 4 is 0 Å². The maximum Gasteiger partial charge on any atom is 0.157 e. The van der Waals surface area contributed by atoms with Crippen LogP contribution in [0.2, 0.25) is 0 Å². The minimum atomic E-state index is 0.921. The smallest absolute Gasteiger partial charge is 0.157 e. The zero-order valence-corrected chi connectivity index (χ0v) is 11.2. The number of hydrogen-bond acceptors (Lipinski definition) is 1. The zero-order valence-electron chi connectivity index (χ0n) is 11.2. The van der Waals surface area contributed by atoms with Crippen molar-refractivity contribution in [3.05, 3.63) is 47.5 Å². The Labute approximate surface area is 104 Å². The fourth-order valence-electron chi connectivity index (χ4n) is 1.63. The van der Waals surface area contributed by atoms with Crippen LogP contribution in [0.15, 0.2) is 46.1 Å². The monoisotopic (exact) mass is 234 g/mol. The van der Waals surface area contributed by atoms with Gasteiger partial charge in [0.2, 0.25) is 0 Å². The van der Waals surface area contributed by atoms with Crippen molar-refractivity contribution in [2.24, 2.45) is 0 Å². The number of hydrogen-bond donors (Lipinski definition) is 1. The molecule has 0 spiro atoms. The van der Waals surface area contributed by atoms with Crippen molar-refractivity contribution in [3.63, 3.8) is 0 Å². The third-order valence-electron chi connectivity index (χ3n) is 2.65. The lowest BCUT2D eigenvalue weighted by Gasteiger charge is -1.99. The summed E-state index contributed by atoms with van der Waals surface area (Å²) in [6, 6.07) is 3.95. The van der Waals surface area contributed by atoms with Crippen molar-refractivity contribution < 1.29 is 9.73 Å². The summed E-state index contributed by atoms with van der Waals surface area (Å²) in [5.74, 6) is 1.04. The molecule has 1 heterocycles. The van der Waals surface area contributed by atoms with Crippen LogP contribution in [0, 0.1) is 0 Å². The van der Waals surface area contributed by atoms with Gasteiger partial charge in [0.05, 0.1) is 12.8 Å². The largest absolute Gasteiger partial charge is 0.463 e. The second-order valence-electron chi connectivity index (χ2n) is 4.68. The second kappa shape index (κ2) is 7.91. The lowest BCUT2D eigenvalue weighted by Crippen LogP contribution is -2.82. The highest BCUT2D eigenvalue weighted by Gasteiger charge is 1.96. The van der Waals surface area contributed by atoms with Crippen LogP contribution in [-0.4, -0.2) is 6.54 Å². The maximum absolute atomic E-state index is 5.27. The van der Waals surface area contributed by atoms with Gasteiger partial charge in [0.1, 0.15) is 6.54 Å². The van der Waals surface area contributed by atoms with Gasteiger partial charge >= 0.3 is 0 Å². The summed E-state index contributed by atoms with van der Waals surface area (Å²) in [4.78, 5) is 0. The number of quaternary nitrogens is 1. The molecule has 2 nitrogen and oxygen atoms in total. The van der Waals surface area contributed by atoms with E-state index in [-0.39, 0.29) is 0 Å². The molecule has 1 aromatic heterocycles. The molecule has 2 N–H and O–H groups in total. The van der Waals surface area contributed by atoms with Gasteiger partial charge in [-0.05, 0) is 51.8 Å². The van der Waals surface area contributed by atoms with Gasteiger partial charge in [-0.1, -0.05) is 17.2 Å². The van der Waals surface area contributed by atoms with Gasteiger partial charge in [-0.2, -0.15) is 0 Å². The van der Waals surface area contributed by atoms with Gasteiger partial charge in [0, 0.05) is 0 Å². The molecular formula is C15H24NO+. The molecular weight excluding hydrogens is 210 g/mol. The Balaban J connectivity index is 2.13. The minimum Gasteiger partial charge on any atom is -0.463 e. The van der Waals surface area contributed by atoms with Crippen molar-refractivity contribution in [1.29, 1.82) is 0 Å². The third-order valence-corrected chi connectivity index (χ3v) is 2.65. The summed E-state index contributed by atoms with van der Waals surface area (Å²) >= 11 is 0. The van der Waals surface area contributed by atoms with Crippen molar-refractivity contribution in [1.82, 2.24) is 0 Å². The average molecular weight is 234 g/mol. The summed E-state index contributed by atoms with van der Waals surface area (Å²) in [5, 5.41) is 2.25. The molecule has 0 atom stereocenters. The first-order valence-electron chi connectivity index (χ1n) is 6.31. The predicted octanol–water partition coefficient (Wildman–Crippen LogP) is 3.04. The van der Waals surface area contributed by atoms with E-state index in [0.29, 0.717) is 0 Å². The maximum atomic E-state index is 5.27. The van der Waals surface area contributed by atoms with E-state index in [1.54, 1.807) is 6.26 Å². The van der Waals surface area contributed by atoms with E-state index < -0.39 is 0 Å². The highest BCUT2D eigenvalue weighted by Crippen LogP contribution is 2.05. The Morgan fingerprint density at radius 2 is 2.12 bits per heavy atom. The lowest BCUT2D eigenvalue weighted by atomic mass is 10.1. The van der Waals surface area contributed by atoms with Gasteiger partial charge in [-0.3, -0.25) is 0 Å². The van der Waals surface area contributed by atoms with Crippen molar-refractivity contribution in [2.45, 2.75) is 40.2 Å². The summed E-state index contributed by atoms with van der Waals surface area (Å²) in [6.45, 7) is 8.46. The van der Waals surface area contributed by atoms with Gasteiger partial charge in [0.25, 0.3) is 0 Å². The molecule has 1 aromatic rings. The molecule has 0 bridgehead atoms. The summed E-state index contributed by atoms with van der Waals surface area (Å²) in [7, 11) is 0. The molecule has 0 aliphatic carbocycles. The quantitative estimate of drug-likeness (QED) is 0.570. The zero-order chi connectivity index (χ0) is 12.5. The number of rotatable bonds is 7. The molecule has 0 aromatic carbocycles. The molecule has 94 valence electrons. The van der Waals surface area contributed by atoms with E-state index in [1.807, 2.05) is 12.1 Å². The van der Waals surface area contributed by atoms with Gasteiger partial charge in [0.15, 0.2) is 5.76 Å². The molecule has 17 heavy (non-hydrogen) atoms. The second-order valence-corrected chi connectivity index (χ2v) is 4.68. The predicted molar refractivity (Wildman–Crippen MR) is 71.6 cm³/mol. The van der Waals surface area contributed by atoms with E-state index in [0.717, 1.165) is 25.3 Å². The van der Waals surface area contributed by atoms with E-state index in [1.165, 1.54) is 17.6 Å². The first-order chi connectivity index (χ1) is 8.18. The van der Waals surface area contributed by atoms with Gasteiger partial charge in [-0.25, -0.2) is 0 Å². The Kier molecular flexibility index (Phi) is 6.41. The van der Waals surface area contributed by atoms with E-state index in [2.05, 4.69) is 38.2 Å². The first kappa shape index (κ1) is 13.8. The normalized spacial score (nSPS) is 11.6. The molecule has 0 saturated heterocycles. The highest BCUT2D eigenvalue weighted by molar-refractivity contribution is 5.02. The Hall–Kier alpha value is -1.28. The van der Waals surface area contributed by atoms with Crippen LogP contribution in [0.4, 0.5) is 0 Å². The van der Waals surface area contributed by atoms with Crippen molar-refractivity contribution in [3.8, 4) is 0 Å². The van der Waals surface area contributed by atoms with Crippen LogP contribution in [-0.2, 0) is 6.54 Å². The summed E-state index contributed by atoms with van der Waals surface area (Å²) < 4.78 is 5.27. The average Bonchev–Trinajstić information content (AvgIpc) is 2.76. The van der Waals surface area contributed by atoms with Crippen LogP contribution in [0.3, 0.4) is 0 Å². The first-order valence-corrected chi connectivity index (χ1v) is 6.31. The van der Waals surface area contributed by atoms with Gasteiger partial charge in [-0.15, -0.1) is 0 Å². The molecule has 1 rings (SSSR count). The molecule has 0 unspecified atom stereocenters. The highest BCUT2D eigenvalue weighted by atomic mass is 16.3. The van der Waals surface area contributed by atoms with E-state index in [9.17, 15) is 0 Å². The molecule has 0 saturated carbocycles. The Morgan fingerprint density at radius 3 is 2.76 bits per heavy atom. The van der Waals surface area contributed by atoms with E-state index in [4.69, 9.17) is 4.42 Å². The summed E-state index contributed by atoms with van der Waals surface area (Å²) in [6.07, 6.45) is 8.65. The Bertz CT molecular complexity index is 356. The molecule has 0 aliphatic heterocycles. The topological polar surface area (TPSA) is 29.8 Å². The van der Waals surface area contributed by atoms with Crippen LogP contribution in [0.25, 0.3) is 0 Å². The Morgan fingerprint density at radius 1 is 1.29 bits per heavy atom. The molecule has 2 heteroatoms. The number of furan rings is 1. The van der Waals surface area contributed by atoms with Crippen LogP contribution >= 0.6 is 0 Å². The van der Waals surface area contributed by atoms with Crippen LogP contribution < -0.4 is 5.32 Å². The van der Waals surface area contributed by atoms with E-state index >= 15 is 0 Å². The molecule has 0 amide bonds.